The van der Waals surface area contributed by atoms with E-state index in [1.165, 1.54) is 17.1 Å². The van der Waals surface area contributed by atoms with E-state index in [9.17, 15) is 23.1 Å². The Balaban J connectivity index is 1.27. The van der Waals surface area contributed by atoms with Crippen LogP contribution in [-0.4, -0.2) is 68.9 Å². The molecule has 2 N–H and O–H groups in total. The van der Waals surface area contributed by atoms with Crippen molar-refractivity contribution in [1.29, 1.82) is 0 Å². The molecule has 3 heterocycles. The third kappa shape index (κ3) is 6.45. The fraction of sp³-hybridized carbons (Fsp3) is 0.310. The van der Waals surface area contributed by atoms with Crippen molar-refractivity contribution in [3.8, 4) is 5.69 Å². The van der Waals surface area contributed by atoms with Gasteiger partial charge >= 0.3 is 0 Å². The van der Waals surface area contributed by atoms with Gasteiger partial charge in [-0.3, -0.25) is 14.2 Å². The molecule has 1 saturated heterocycles. The number of nitrogens with zero attached hydrogens (tertiary/aromatic N) is 5. The average Bonchev–Trinajstić information content (AvgIpc) is 3.43. The minimum absolute atomic E-state index is 0.0277. The topological polar surface area (TPSA) is 139 Å². The van der Waals surface area contributed by atoms with Crippen molar-refractivity contribution in [3.63, 3.8) is 0 Å². The number of aromatic nitrogens is 4. The Morgan fingerprint density at radius 1 is 1.10 bits per heavy atom. The van der Waals surface area contributed by atoms with Gasteiger partial charge < -0.3 is 10.0 Å². The van der Waals surface area contributed by atoms with Gasteiger partial charge in [0.15, 0.2) is 5.65 Å². The predicted octanol–water partition coefficient (Wildman–Crippen LogP) is 1.86. The maximum absolute atomic E-state index is 13.5. The Hall–Kier alpha value is -4.13. The van der Waals surface area contributed by atoms with Gasteiger partial charge in [0.25, 0.3) is 5.56 Å². The zero-order valence-corrected chi connectivity index (χ0v) is 23.3. The highest BCUT2D eigenvalue weighted by Crippen LogP contribution is 2.26. The van der Waals surface area contributed by atoms with Crippen LogP contribution in [0.1, 0.15) is 18.4 Å². The number of hydrogen-bond donors (Lipinski definition) is 2. The van der Waals surface area contributed by atoms with Crippen molar-refractivity contribution in [2.24, 2.45) is 5.92 Å². The number of aliphatic hydroxyl groups is 1. The molecular weight excluding hydrogens is 544 g/mol. The first-order chi connectivity index (χ1) is 19.7. The van der Waals surface area contributed by atoms with Crippen molar-refractivity contribution in [2.75, 3.05) is 19.6 Å². The van der Waals surface area contributed by atoms with E-state index in [-0.39, 0.29) is 50.5 Å². The first kappa shape index (κ1) is 28.4. The molecule has 12 heteroatoms. The molecule has 1 fully saturated rings. The highest BCUT2D eigenvalue weighted by Gasteiger charge is 2.36. The lowest BCUT2D eigenvalue weighted by Crippen LogP contribution is -2.52. The first-order valence-corrected chi connectivity index (χ1v) is 14.9. The Morgan fingerprint density at radius 2 is 1.76 bits per heavy atom. The second-order valence-electron chi connectivity index (χ2n) is 10.3. The SMILES string of the molecule is C=CS(=O)(=O)NCC(Cc1ccccc1)C(=O)N1CCC(O)(Cn2cnc3c(cnn3-c3ccccc3)c2=O)CC1. The van der Waals surface area contributed by atoms with Crippen LogP contribution >= 0.6 is 0 Å². The quantitative estimate of drug-likeness (QED) is 0.294. The van der Waals surface area contributed by atoms with Gasteiger partial charge in [-0.05, 0) is 37.0 Å². The van der Waals surface area contributed by atoms with Gasteiger partial charge in [-0.25, -0.2) is 22.8 Å². The Labute approximate surface area is 237 Å². The molecule has 0 saturated carbocycles. The van der Waals surface area contributed by atoms with Crippen molar-refractivity contribution >= 4 is 27.0 Å². The summed E-state index contributed by atoms with van der Waals surface area (Å²) in [6, 6.07) is 18.8. The number of carbonyl (C=O) groups is 1. The zero-order valence-electron chi connectivity index (χ0n) is 22.5. The van der Waals surface area contributed by atoms with Crippen LogP contribution in [0.25, 0.3) is 16.7 Å². The molecule has 1 aliphatic rings. The molecule has 11 nitrogen and oxygen atoms in total. The van der Waals surface area contributed by atoms with Gasteiger partial charge in [0.2, 0.25) is 15.9 Å². The highest BCUT2D eigenvalue weighted by molar-refractivity contribution is 7.92. The number of fused-ring (bicyclic) bond motifs is 1. The summed E-state index contributed by atoms with van der Waals surface area (Å²) in [6.45, 7) is 3.81. The number of hydrogen-bond acceptors (Lipinski definition) is 7. The van der Waals surface area contributed by atoms with Crippen LogP contribution in [0.2, 0.25) is 0 Å². The van der Waals surface area contributed by atoms with Gasteiger partial charge in [0.1, 0.15) is 11.7 Å². The standard InChI is InChI=1S/C29H32N6O5S/c1-2-41(39,40)32-18-23(17-22-9-5-3-6-10-22)27(36)33-15-13-29(38,14-16-33)20-34-21-30-26-25(28(34)37)19-31-35(26)24-11-7-4-8-12-24/h2-12,19,21,23,32,38H,1,13-18,20H2. The normalized spacial score (nSPS) is 16.0. The van der Waals surface area contributed by atoms with E-state index in [0.717, 1.165) is 16.7 Å². The highest BCUT2D eigenvalue weighted by atomic mass is 32.2. The van der Waals surface area contributed by atoms with E-state index in [0.29, 0.717) is 17.5 Å². The van der Waals surface area contributed by atoms with Gasteiger partial charge in [-0.15, -0.1) is 0 Å². The van der Waals surface area contributed by atoms with Crippen LogP contribution in [0.3, 0.4) is 0 Å². The molecule has 2 aromatic carbocycles. The number of rotatable bonds is 10. The molecule has 1 aliphatic heterocycles. The summed E-state index contributed by atoms with van der Waals surface area (Å²) in [4.78, 5) is 32.8. The number of para-hydroxylation sites is 1. The summed E-state index contributed by atoms with van der Waals surface area (Å²) < 4.78 is 29.4. The lowest BCUT2D eigenvalue weighted by Gasteiger charge is -2.39. The Kier molecular flexibility index (Phi) is 8.15. The fourth-order valence-corrected chi connectivity index (χ4v) is 5.67. The molecule has 41 heavy (non-hydrogen) atoms. The summed E-state index contributed by atoms with van der Waals surface area (Å²) >= 11 is 0. The van der Waals surface area contributed by atoms with Crippen LogP contribution in [0.5, 0.6) is 0 Å². The lowest BCUT2D eigenvalue weighted by atomic mass is 9.89. The molecule has 1 atom stereocenters. The molecule has 4 aromatic rings. The molecule has 2 aromatic heterocycles. The maximum Gasteiger partial charge on any atom is 0.264 e. The molecule has 0 bridgehead atoms. The van der Waals surface area contributed by atoms with Crippen molar-refractivity contribution in [3.05, 3.63) is 101 Å². The average molecular weight is 577 g/mol. The molecule has 1 unspecified atom stereocenters. The number of piperidine rings is 1. The van der Waals surface area contributed by atoms with Gasteiger partial charge in [-0.2, -0.15) is 5.10 Å². The zero-order chi connectivity index (χ0) is 29.0. The summed E-state index contributed by atoms with van der Waals surface area (Å²) in [7, 11) is -3.70. The predicted molar refractivity (Wildman–Crippen MR) is 155 cm³/mol. The molecule has 214 valence electrons. The third-order valence-corrected chi connectivity index (χ3v) is 8.46. The molecule has 0 radical (unpaired) electrons. The minimum atomic E-state index is -3.70. The smallest absolute Gasteiger partial charge is 0.264 e. The maximum atomic E-state index is 13.5. The Morgan fingerprint density at radius 3 is 2.41 bits per heavy atom. The summed E-state index contributed by atoms with van der Waals surface area (Å²) in [5, 5.41) is 16.9. The molecule has 1 amide bonds. The van der Waals surface area contributed by atoms with Crippen LogP contribution < -0.4 is 10.3 Å². The number of carbonyl (C=O) groups excluding carboxylic acids is 1. The van der Waals surface area contributed by atoms with Crippen LogP contribution in [0.15, 0.2) is 90.0 Å². The van der Waals surface area contributed by atoms with Crippen molar-refractivity contribution < 1.29 is 18.3 Å². The Bertz CT molecular complexity index is 1690. The minimum Gasteiger partial charge on any atom is -0.388 e. The number of sulfonamides is 1. The van der Waals surface area contributed by atoms with E-state index in [1.807, 2.05) is 60.7 Å². The number of likely N-dealkylation sites (tertiary alicyclic amines) is 1. The van der Waals surface area contributed by atoms with E-state index >= 15 is 0 Å². The monoisotopic (exact) mass is 576 g/mol. The van der Waals surface area contributed by atoms with Crippen LogP contribution in [0.4, 0.5) is 0 Å². The second kappa shape index (κ2) is 11.8. The molecule has 0 aliphatic carbocycles. The third-order valence-electron chi connectivity index (χ3n) is 7.45. The van der Waals surface area contributed by atoms with Crippen molar-refractivity contribution in [1.82, 2.24) is 29.0 Å². The molecule has 0 spiro atoms. The largest absolute Gasteiger partial charge is 0.388 e. The van der Waals surface area contributed by atoms with Gasteiger partial charge in [0.05, 0.1) is 29.9 Å². The fourth-order valence-electron chi connectivity index (χ4n) is 5.12. The summed E-state index contributed by atoms with van der Waals surface area (Å²) in [5.74, 6) is -0.829. The second-order valence-corrected chi connectivity index (χ2v) is 12.0. The summed E-state index contributed by atoms with van der Waals surface area (Å²) in [6.07, 6.45) is 3.76. The van der Waals surface area contributed by atoms with Crippen LogP contribution in [0, 0.1) is 5.92 Å². The van der Waals surface area contributed by atoms with Gasteiger partial charge in [-0.1, -0.05) is 55.1 Å². The number of nitrogens with one attached hydrogen (secondary N) is 1. The summed E-state index contributed by atoms with van der Waals surface area (Å²) in [5.41, 5.74) is 0.605. The number of amides is 1. The van der Waals surface area contributed by atoms with E-state index in [1.54, 1.807) is 9.58 Å². The molecular formula is C29H32N6O5S. The van der Waals surface area contributed by atoms with Gasteiger partial charge in [0, 0.05) is 25.0 Å². The molecule has 5 rings (SSSR count). The van der Waals surface area contributed by atoms with E-state index in [4.69, 9.17) is 0 Å². The van der Waals surface area contributed by atoms with Crippen LogP contribution in [-0.2, 0) is 27.8 Å². The lowest BCUT2D eigenvalue weighted by molar-refractivity contribution is -0.140. The van der Waals surface area contributed by atoms with E-state index < -0.39 is 21.5 Å². The van der Waals surface area contributed by atoms with Crippen molar-refractivity contribution in [2.45, 2.75) is 31.4 Å². The van der Waals surface area contributed by atoms with E-state index in [2.05, 4.69) is 21.4 Å². The number of benzene rings is 2. The first-order valence-electron chi connectivity index (χ1n) is 13.3.